The van der Waals surface area contributed by atoms with Gasteiger partial charge in [-0.05, 0) is 60.2 Å². The number of rotatable bonds is 5. The van der Waals surface area contributed by atoms with E-state index in [0.29, 0.717) is 0 Å². The van der Waals surface area contributed by atoms with Gasteiger partial charge < -0.3 is 8.98 Å². The number of aromatic nitrogens is 4. The molecule has 0 aliphatic carbocycles. The van der Waals surface area contributed by atoms with Crippen molar-refractivity contribution in [2.75, 3.05) is 0 Å². The summed E-state index contributed by atoms with van der Waals surface area (Å²) in [5.74, 6) is 0. The van der Waals surface area contributed by atoms with E-state index in [0.717, 1.165) is 94.5 Å². The van der Waals surface area contributed by atoms with Crippen LogP contribution in [0.15, 0.2) is 199 Å². The van der Waals surface area contributed by atoms with Crippen LogP contribution in [0.4, 0.5) is 0 Å². The average molecular weight is 729 g/mol. The van der Waals surface area contributed by atoms with Crippen LogP contribution in [0, 0.1) is 0 Å². The Morgan fingerprint density at radius 3 is 1.77 bits per heavy atom. The normalized spacial score (nSPS) is 11.9. The van der Waals surface area contributed by atoms with Gasteiger partial charge in [-0.15, -0.1) is 0 Å². The molecule has 0 aliphatic rings. The zero-order chi connectivity index (χ0) is 37.5. The monoisotopic (exact) mass is 728 g/mol. The van der Waals surface area contributed by atoms with Crippen molar-refractivity contribution >= 4 is 65.8 Å². The maximum atomic E-state index is 6.53. The third kappa shape index (κ3) is 4.82. The predicted octanol–water partition coefficient (Wildman–Crippen LogP) is 13.6. The maximum Gasteiger partial charge on any atom is 0.165 e. The van der Waals surface area contributed by atoms with Gasteiger partial charge in [0.1, 0.15) is 16.7 Å². The van der Waals surface area contributed by atoms with Crippen molar-refractivity contribution in [2.24, 2.45) is 0 Å². The van der Waals surface area contributed by atoms with E-state index in [9.17, 15) is 0 Å². The molecule has 0 amide bonds. The molecule has 12 rings (SSSR count). The van der Waals surface area contributed by atoms with Gasteiger partial charge in [-0.25, -0.2) is 9.97 Å². The van der Waals surface area contributed by atoms with Gasteiger partial charge in [0.2, 0.25) is 0 Å². The highest BCUT2D eigenvalue weighted by Gasteiger charge is 2.23. The van der Waals surface area contributed by atoms with Crippen LogP contribution in [0.2, 0.25) is 0 Å². The third-order valence-corrected chi connectivity index (χ3v) is 11.3. The Labute approximate surface area is 327 Å². The lowest BCUT2D eigenvalue weighted by molar-refractivity contribution is 0.670. The number of benzene rings is 8. The molecule has 57 heavy (non-hydrogen) atoms. The molecule has 4 heterocycles. The number of para-hydroxylation sites is 4. The Morgan fingerprint density at radius 2 is 0.982 bits per heavy atom. The summed E-state index contributed by atoms with van der Waals surface area (Å²) < 4.78 is 11.2. The Bertz CT molecular complexity index is 3510. The summed E-state index contributed by atoms with van der Waals surface area (Å²) in [5, 5.41) is 5.61. The zero-order valence-electron chi connectivity index (χ0n) is 30.7. The highest BCUT2D eigenvalue weighted by molar-refractivity contribution is 6.14. The molecule has 0 saturated heterocycles. The van der Waals surface area contributed by atoms with Crippen molar-refractivity contribution in [2.45, 2.75) is 0 Å². The molecule has 0 aliphatic heterocycles. The van der Waals surface area contributed by atoms with Gasteiger partial charge in [0, 0.05) is 55.0 Å². The van der Waals surface area contributed by atoms with E-state index in [-0.39, 0.29) is 0 Å². The molecule has 0 bridgehead atoms. The van der Waals surface area contributed by atoms with Crippen LogP contribution in [-0.2, 0) is 0 Å². The minimum absolute atomic E-state index is 0.800. The van der Waals surface area contributed by atoms with E-state index in [2.05, 4.69) is 179 Å². The summed E-state index contributed by atoms with van der Waals surface area (Å²) in [7, 11) is 0. The lowest BCUT2D eigenvalue weighted by Gasteiger charge is -2.12. The van der Waals surface area contributed by atoms with E-state index in [1.165, 1.54) is 16.3 Å². The fourth-order valence-corrected chi connectivity index (χ4v) is 8.75. The summed E-state index contributed by atoms with van der Waals surface area (Å²) in [6.07, 6.45) is 0. The first-order valence-corrected chi connectivity index (χ1v) is 19.3. The van der Waals surface area contributed by atoms with E-state index in [4.69, 9.17) is 14.4 Å². The van der Waals surface area contributed by atoms with Gasteiger partial charge in [-0.1, -0.05) is 140 Å². The van der Waals surface area contributed by atoms with Crippen molar-refractivity contribution in [3.63, 3.8) is 0 Å². The van der Waals surface area contributed by atoms with E-state index in [1.807, 2.05) is 24.3 Å². The second-order valence-electron chi connectivity index (χ2n) is 14.6. The minimum atomic E-state index is 0.800. The quantitative estimate of drug-likeness (QED) is 0.177. The second kappa shape index (κ2) is 12.4. The molecule has 0 saturated carbocycles. The number of hydrogen-bond donors (Lipinski definition) is 0. The van der Waals surface area contributed by atoms with E-state index >= 15 is 0 Å². The zero-order valence-corrected chi connectivity index (χ0v) is 30.7. The number of furan rings is 1. The highest BCUT2D eigenvalue weighted by Crippen LogP contribution is 2.42. The van der Waals surface area contributed by atoms with Crippen molar-refractivity contribution in [1.82, 2.24) is 19.1 Å². The molecular weight excluding hydrogens is 697 g/mol. The molecule has 0 spiro atoms. The fourth-order valence-electron chi connectivity index (χ4n) is 8.75. The molecule has 5 nitrogen and oxygen atoms in total. The lowest BCUT2D eigenvalue weighted by Crippen LogP contribution is -2.00. The topological polar surface area (TPSA) is 48.8 Å². The molecule has 0 radical (unpaired) electrons. The Hall–Kier alpha value is -7.76. The summed E-state index contributed by atoms with van der Waals surface area (Å²) in [6, 6.07) is 68.2. The van der Waals surface area contributed by atoms with E-state index < -0.39 is 0 Å². The van der Waals surface area contributed by atoms with Crippen LogP contribution < -0.4 is 0 Å². The van der Waals surface area contributed by atoms with Crippen LogP contribution in [0.3, 0.4) is 0 Å². The van der Waals surface area contributed by atoms with Crippen LogP contribution in [0.1, 0.15) is 0 Å². The minimum Gasteiger partial charge on any atom is -0.455 e. The van der Waals surface area contributed by atoms with Crippen LogP contribution in [-0.4, -0.2) is 19.1 Å². The summed E-state index contributed by atoms with van der Waals surface area (Å²) in [5.41, 5.74) is 14.7. The van der Waals surface area contributed by atoms with Gasteiger partial charge >= 0.3 is 0 Å². The van der Waals surface area contributed by atoms with Gasteiger partial charge in [0.05, 0.1) is 27.9 Å². The molecule has 0 fully saturated rings. The molecule has 266 valence electrons. The SMILES string of the molecule is c1ccc(-c2nc3c4cc(-c5cccc6c5oc5ccccc56)ccc4n(-c4ccc5c(c4)c4ccccc4n5-c4ccccc4)c3nc2-c2ccccc2)cc1. The van der Waals surface area contributed by atoms with Gasteiger partial charge in [0.15, 0.2) is 5.65 Å². The van der Waals surface area contributed by atoms with Crippen molar-refractivity contribution < 1.29 is 4.42 Å². The second-order valence-corrected chi connectivity index (χ2v) is 14.6. The third-order valence-electron chi connectivity index (χ3n) is 11.3. The maximum absolute atomic E-state index is 6.53. The van der Waals surface area contributed by atoms with Crippen molar-refractivity contribution in [3.8, 4) is 45.0 Å². The van der Waals surface area contributed by atoms with Crippen LogP contribution in [0.25, 0.3) is 111 Å². The molecule has 0 unspecified atom stereocenters. The molecule has 12 aromatic rings. The standard InChI is InChI=1S/C52H32N4O/c1-4-15-33(16-5-1)48-49(34-17-6-2-7-18-34)54-52-50(53-48)43-31-35(38-23-14-24-41-40-22-11-13-26-47(40)57-51(38)41)27-29-46(43)56(52)37-28-30-45-42(32-37)39-21-10-12-25-44(39)55(45)36-19-8-3-9-20-36/h1-32H. The summed E-state index contributed by atoms with van der Waals surface area (Å²) in [4.78, 5) is 11.2. The average Bonchev–Trinajstić information content (AvgIpc) is 3.94. The molecule has 5 heteroatoms. The number of fused-ring (bicyclic) bond motifs is 9. The van der Waals surface area contributed by atoms with Gasteiger partial charge in [-0.2, -0.15) is 0 Å². The molecule has 0 N–H and O–H groups in total. The Kier molecular flexibility index (Phi) is 6.86. The van der Waals surface area contributed by atoms with E-state index in [1.54, 1.807) is 0 Å². The van der Waals surface area contributed by atoms with Gasteiger partial charge in [-0.3, -0.25) is 4.57 Å². The van der Waals surface area contributed by atoms with Gasteiger partial charge in [0.25, 0.3) is 0 Å². The summed E-state index contributed by atoms with van der Waals surface area (Å²) in [6.45, 7) is 0. The highest BCUT2D eigenvalue weighted by atomic mass is 16.3. The lowest BCUT2D eigenvalue weighted by atomic mass is 10.0. The molecule has 4 aromatic heterocycles. The fraction of sp³-hybridized carbons (Fsp3) is 0. The summed E-state index contributed by atoms with van der Waals surface area (Å²) >= 11 is 0. The molecular formula is C52H32N4O. The number of hydrogen-bond acceptors (Lipinski definition) is 3. The van der Waals surface area contributed by atoms with Crippen LogP contribution >= 0.6 is 0 Å². The Balaban J connectivity index is 1.17. The first-order valence-electron chi connectivity index (χ1n) is 19.3. The van der Waals surface area contributed by atoms with Crippen LogP contribution in [0.5, 0.6) is 0 Å². The number of nitrogens with zero attached hydrogens (tertiary/aromatic N) is 4. The first-order chi connectivity index (χ1) is 28.3. The first kappa shape index (κ1) is 31.6. The largest absolute Gasteiger partial charge is 0.455 e. The smallest absolute Gasteiger partial charge is 0.165 e. The molecule has 0 atom stereocenters. The molecule has 8 aromatic carbocycles. The Morgan fingerprint density at radius 1 is 0.368 bits per heavy atom. The predicted molar refractivity (Wildman–Crippen MR) is 234 cm³/mol. The van der Waals surface area contributed by atoms with Crippen molar-refractivity contribution in [3.05, 3.63) is 194 Å². The van der Waals surface area contributed by atoms with Crippen molar-refractivity contribution in [1.29, 1.82) is 0 Å².